The number of halogens is 1. The summed E-state index contributed by atoms with van der Waals surface area (Å²) in [4.78, 5) is 0. The molecular weight excluding hydrogens is 264 g/mol. The third kappa shape index (κ3) is 2.77. The van der Waals surface area contributed by atoms with Gasteiger partial charge in [0, 0.05) is 19.0 Å². The molecule has 5 nitrogen and oxygen atoms in total. The fourth-order valence-corrected chi connectivity index (χ4v) is 2.34. The van der Waals surface area contributed by atoms with Crippen LogP contribution in [0.2, 0.25) is 5.02 Å². The van der Waals surface area contributed by atoms with Gasteiger partial charge in [-0.15, -0.1) is 0 Å². The first-order chi connectivity index (χ1) is 8.90. The Labute approximate surface area is 117 Å². The van der Waals surface area contributed by atoms with Crippen LogP contribution in [0.15, 0.2) is 6.07 Å². The molecule has 1 atom stereocenters. The fourth-order valence-electron chi connectivity index (χ4n) is 2.10. The first kappa shape index (κ1) is 14.0. The van der Waals surface area contributed by atoms with Crippen LogP contribution in [-0.2, 0) is 13.5 Å². The lowest BCUT2D eigenvalue weighted by Crippen LogP contribution is -2.10. The zero-order valence-corrected chi connectivity index (χ0v) is 12.2. The Balaban J connectivity index is 2.30. The molecule has 0 fully saturated rings. The molecule has 2 aromatic rings. The van der Waals surface area contributed by atoms with E-state index in [9.17, 15) is 5.11 Å². The van der Waals surface area contributed by atoms with Crippen LogP contribution in [0.4, 0.5) is 0 Å². The summed E-state index contributed by atoms with van der Waals surface area (Å²) >= 11 is 6.19. The minimum atomic E-state index is -0.665. The molecule has 102 valence electrons. The normalized spacial score (nSPS) is 12.7. The summed E-state index contributed by atoms with van der Waals surface area (Å²) in [6, 6.07) is 1.85. The van der Waals surface area contributed by atoms with Crippen LogP contribution in [0.5, 0.6) is 0 Å². The predicted molar refractivity (Wildman–Crippen MR) is 73.1 cm³/mol. The molecule has 0 aromatic carbocycles. The van der Waals surface area contributed by atoms with Crippen LogP contribution in [0.1, 0.15) is 34.4 Å². The molecule has 2 heterocycles. The lowest BCUT2D eigenvalue weighted by atomic mass is 10.0. The number of aliphatic hydroxyl groups excluding tert-OH is 1. The van der Waals surface area contributed by atoms with Crippen molar-refractivity contribution in [2.45, 2.75) is 33.3 Å². The van der Waals surface area contributed by atoms with Crippen molar-refractivity contribution in [1.29, 1.82) is 0 Å². The Hall–Kier alpha value is -1.46. The van der Waals surface area contributed by atoms with Gasteiger partial charge in [0.05, 0.1) is 33.9 Å². The van der Waals surface area contributed by atoms with Crippen molar-refractivity contribution in [1.82, 2.24) is 20.0 Å². The molecule has 0 aliphatic heterocycles. The maximum atomic E-state index is 10.4. The number of nitrogens with zero attached hydrogens (tertiary/aromatic N) is 4. The van der Waals surface area contributed by atoms with Crippen LogP contribution in [-0.4, -0.2) is 25.1 Å². The van der Waals surface area contributed by atoms with Gasteiger partial charge in [0.25, 0.3) is 0 Å². The maximum Gasteiger partial charge on any atom is 0.0864 e. The molecule has 0 amide bonds. The van der Waals surface area contributed by atoms with E-state index in [1.54, 1.807) is 4.68 Å². The average Bonchev–Trinajstić information content (AvgIpc) is 2.59. The number of hydrogen-bond donors (Lipinski definition) is 1. The van der Waals surface area contributed by atoms with Gasteiger partial charge in [-0.2, -0.15) is 15.3 Å². The average molecular weight is 281 g/mol. The monoisotopic (exact) mass is 280 g/mol. The van der Waals surface area contributed by atoms with E-state index >= 15 is 0 Å². The van der Waals surface area contributed by atoms with Gasteiger partial charge in [-0.3, -0.25) is 4.68 Å². The van der Waals surface area contributed by atoms with Crippen molar-refractivity contribution in [2.75, 3.05) is 0 Å². The topological polar surface area (TPSA) is 63.8 Å². The standard InChI is InChI=1S/C13H17ClN4O/c1-7-5-10(8(2)16-15-7)12(19)6-11-13(14)9(3)17-18(11)4/h5,12,19H,6H2,1-4H3. The molecule has 0 aliphatic carbocycles. The van der Waals surface area contributed by atoms with Gasteiger partial charge < -0.3 is 5.11 Å². The van der Waals surface area contributed by atoms with Gasteiger partial charge in [0.2, 0.25) is 0 Å². The Kier molecular flexibility index (Phi) is 3.87. The smallest absolute Gasteiger partial charge is 0.0864 e. The molecule has 6 heteroatoms. The molecule has 0 aliphatic rings. The Bertz CT molecular complexity index is 609. The van der Waals surface area contributed by atoms with Crippen molar-refractivity contribution in [3.63, 3.8) is 0 Å². The van der Waals surface area contributed by atoms with Gasteiger partial charge in [-0.1, -0.05) is 11.6 Å². The Morgan fingerprint density at radius 1 is 1.26 bits per heavy atom. The van der Waals surface area contributed by atoms with Crippen LogP contribution >= 0.6 is 11.6 Å². The highest BCUT2D eigenvalue weighted by Crippen LogP contribution is 2.26. The second-order valence-electron chi connectivity index (χ2n) is 4.72. The van der Waals surface area contributed by atoms with E-state index in [4.69, 9.17) is 11.6 Å². The summed E-state index contributed by atoms with van der Waals surface area (Å²) in [5.74, 6) is 0. The molecule has 1 N–H and O–H groups in total. The Morgan fingerprint density at radius 3 is 2.53 bits per heavy atom. The summed E-state index contributed by atoms with van der Waals surface area (Å²) in [7, 11) is 1.82. The minimum absolute atomic E-state index is 0.405. The van der Waals surface area contributed by atoms with E-state index < -0.39 is 6.10 Å². The highest BCUT2D eigenvalue weighted by Gasteiger charge is 2.18. The van der Waals surface area contributed by atoms with E-state index in [1.807, 2.05) is 33.9 Å². The molecule has 19 heavy (non-hydrogen) atoms. The summed E-state index contributed by atoms with van der Waals surface area (Å²) in [6.45, 7) is 5.53. The van der Waals surface area contributed by atoms with Gasteiger partial charge in [0.1, 0.15) is 0 Å². The van der Waals surface area contributed by atoms with E-state index in [0.29, 0.717) is 11.4 Å². The van der Waals surface area contributed by atoms with E-state index in [0.717, 1.165) is 28.3 Å². The number of hydrogen-bond acceptors (Lipinski definition) is 4. The van der Waals surface area contributed by atoms with Crippen LogP contribution in [0, 0.1) is 20.8 Å². The first-order valence-corrected chi connectivity index (χ1v) is 6.44. The second-order valence-corrected chi connectivity index (χ2v) is 5.09. The number of aryl methyl sites for hydroxylation is 4. The molecule has 0 radical (unpaired) electrons. The summed E-state index contributed by atoms with van der Waals surface area (Å²) in [6.07, 6.45) is -0.260. The maximum absolute atomic E-state index is 10.4. The highest BCUT2D eigenvalue weighted by molar-refractivity contribution is 6.31. The Morgan fingerprint density at radius 2 is 1.95 bits per heavy atom. The zero-order chi connectivity index (χ0) is 14.2. The van der Waals surface area contributed by atoms with Crippen molar-refractivity contribution >= 4 is 11.6 Å². The second kappa shape index (κ2) is 5.27. The number of aliphatic hydroxyl groups is 1. The molecule has 0 spiro atoms. The van der Waals surface area contributed by atoms with Crippen molar-refractivity contribution in [2.24, 2.45) is 7.05 Å². The lowest BCUT2D eigenvalue weighted by molar-refractivity contribution is 0.174. The van der Waals surface area contributed by atoms with Gasteiger partial charge in [-0.25, -0.2) is 0 Å². The largest absolute Gasteiger partial charge is 0.388 e. The minimum Gasteiger partial charge on any atom is -0.388 e. The highest BCUT2D eigenvalue weighted by atomic mass is 35.5. The molecule has 2 rings (SSSR count). The van der Waals surface area contributed by atoms with Gasteiger partial charge >= 0.3 is 0 Å². The summed E-state index contributed by atoms with van der Waals surface area (Å²) in [5, 5.41) is 23.2. The fraction of sp³-hybridized carbons (Fsp3) is 0.462. The zero-order valence-electron chi connectivity index (χ0n) is 11.5. The molecular formula is C13H17ClN4O. The first-order valence-electron chi connectivity index (χ1n) is 6.07. The van der Waals surface area contributed by atoms with Crippen LogP contribution in [0.25, 0.3) is 0 Å². The van der Waals surface area contributed by atoms with Gasteiger partial charge in [-0.05, 0) is 26.8 Å². The van der Waals surface area contributed by atoms with Crippen LogP contribution < -0.4 is 0 Å². The third-order valence-electron chi connectivity index (χ3n) is 3.15. The quantitative estimate of drug-likeness (QED) is 0.935. The number of rotatable bonds is 3. The third-order valence-corrected chi connectivity index (χ3v) is 3.64. The van der Waals surface area contributed by atoms with Crippen molar-refractivity contribution in [3.05, 3.63) is 39.4 Å². The SMILES string of the molecule is Cc1cc(C(O)Cc2c(Cl)c(C)nn2C)c(C)nn1. The van der Waals surface area contributed by atoms with E-state index in [-0.39, 0.29) is 0 Å². The van der Waals surface area contributed by atoms with Crippen LogP contribution in [0.3, 0.4) is 0 Å². The van der Waals surface area contributed by atoms with Gasteiger partial charge in [0.15, 0.2) is 0 Å². The van der Waals surface area contributed by atoms with E-state index in [2.05, 4.69) is 15.3 Å². The number of aromatic nitrogens is 4. The van der Waals surface area contributed by atoms with Crippen molar-refractivity contribution in [3.8, 4) is 0 Å². The molecule has 0 saturated carbocycles. The molecule has 0 bridgehead atoms. The molecule has 0 saturated heterocycles. The summed E-state index contributed by atoms with van der Waals surface area (Å²) < 4.78 is 1.71. The lowest BCUT2D eigenvalue weighted by Gasteiger charge is -2.13. The molecule has 2 aromatic heterocycles. The van der Waals surface area contributed by atoms with Crippen molar-refractivity contribution < 1.29 is 5.11 Å². The molecule has 1 unspecified atom stereocenters. The van der Waals surface area contributed by atoms with E-state index in [1.165, 1.54) is 0 Å². The predicted octanol–water partition coefficient (Wildman–Crippen LogP) is 2.06. The summed E-state index contributed by atoms with van der Waals surface area (Å²) in [5.41, 5.74) is 3.88.